The van der Waals surface area contributed by atoms with Gasteiger partial charge in [-0.15, -0.1) is 10.2 Å². The summed E-state index contributed by atoms with van der Waals surface area (Å²) in [7, 11) is 4.82. The SMILES string of the molecule is COc1cnc(C(OC)C(C)SNc2nnc(-c3cccc(OC)n3)n2C2CC2)cn1. The zero-order valence-corrected chi connectivity index (χ0v) is 18.7. The smallest absolute Gasteiger partial charge is 0.235 e. The predicted octanol–water partition coefficient (Wildman–Crippen LogP) is 3.32. The molecule has 1 aliphatic rings. The lowest BCUT2D eigenvalue weighted by molar-refractivity contribution is 0.101. The summed E-state index contributed by atoms with van der Waals surface area (Å²) in [6, 6.07) is 5.98. The second kappa shape index (κ2) is 9.48. The standard InChI is InChI=1S/C20H25N7O3S/c1-12(18(30-4)15-10-22-17(29-3)11-21-15)31-26-20-25-24-19(27(20)13-8-9-13)14-6-5-7-16(23-14)28-2/h5-7,10-13,18H,8-9H2,1-4H3,(H,25,26). The number of methoxy groups -OCH3 is 3. The molecule has 3 aromatic heterocycles. The maximum Gasteiger partial charge on any atom is 0.235 e. The van der Waals surface area contributed by atoms with Crippen molar-refractivity contribution in [3.8, 4) is 23.3 Å². The summed E-state index contributed by atoms with van der Waals surface area (Å²) in [6.45, 7) is 2.06. The van der Waals surface area contributed by atoms with Crippen molar-refractivity contribution in [3.63, 3.8) is 0 Å². The summed E-state index contributed by atoms with van der Waals surface area (Å²) in [5.41, 5.74) is 1.46. The number of hydrogen-bond donors (Lipinski definition) is 1. The molecule has 1 N–H and O–H groups in total. The van der Waals surface area contributed by atoms with Crippen LogP contribution in [0.25, 0.3) is 11.5 Å². The molecule has 1 aliphatic carbocycles. The summed E-state index contributed by atoms with van der Waals surface area (Å²) >= 11 is 1.50. The Hall–Kier alpha value is -2.92. The van der Waals surface area contributed by atoms with E-state index in [1.807, 2.05) is 18.2 Å². The van der Waals surface area contributed by atoms with Gasteiger partial charge in [-0.25, -0.2) is 9.97 Å². The van der Waals surface area contributed by atoms with Crippen molar-refractivity contribution in [1.82, 2.24) is 29.7 Å². The number of rotatable bonds is 10. The molecule has 0 amide bonds. The van der Waals surface area contributed by atoms with Crippen LogP contribution in [0.4, 0.5) is 5.95 Å². The van der Waals surface area contributed by atoms with E-state index in [0.717, 1.165) is 30.1 Å². The molecule has 3 heterocycles. The highest BCUT2D eigenvalue weighted by atomic mass is 32.2. The summed E-state index contributed by atoms with van der Waals surface area (Å²) in [6.07, 6.45) is 5.18. The van der Waals surface area contributed by atoms with Crippen LogP contribution in [-0.2, 0) is 4.74 Å². The fraction of sp³-hybridized carbons (Fsp3) is 0.450. The van der Waals surface area contributed by atoms with Gasteiger partial charge in [0.15, 0.2) is 5.82 Å². The highest BCUT2D eigenvalue weighted by Crippen LogP contribution is 2.41. The van der Waals surface area contributed by atoms with Crippen molar-refractivity contribution in [2.45, 2.75) is 37.2 Å². The zero-order chi connectivity index (χ0) is 21.8. The van der Waals surface area contributed by atoms with E-state index in [2.05, 4.69) is 41.4 Å². The first-order valence-electron chi connectivity index (χ1n) is 9.91. The van der Waals surface area contributed by atoms with Gasteiger partial charge in [0, 0.05) is 19.2 Å². The largest absolute Gasteiger partial charge is 0.481 e. The van der Waals surface area contributed by atoms with Gasteiger partial charge in [-0.1, -0.05) is 6.07 Å². The first kappa shape index (κ1) is 21.3. The van der Waals surface area contributed by atoms with E-state index in [-0.39, 0.29) is 11.4 Å². The Morgan fingerprint density at radius 3 is 2.52 bits per heavy atom. The number of anilines is 1. The van der Waals surface area contributed by atoms with Gasteiger partial charge < -0.3 is 14.2 Å². The second-order valence-electron chi connectivity index (χ2n) is 7.08. The van der Waals surface area contributed by atoms with Crippen molar-refractivity contribution >= 4 is 17.9 Å². The van der Waals surface area contributed by atoms with Crippen LogP contribution in [0, 0.1) is 0 Å². The van der Waals surface area contributed by atoms with Crippen molar-refractivity contribution in [3.05, 3.63) is 36.3 Å². The highest BCUT2D eigenvalue weighted by Gasteiger charge is 2.31. The van der Waals surface area contributed by atoms with E-state index >= 15 is 0 Å². The van der Waals surface area contributed by atoms with Gasteiger partial charge in [0.2, 0.25) is 17.7 Å². The van der Waals surface area contributed by atoms with Gasteiger partial charge >= 0.3 is 0 Å². The van der Waals surface area contributed by atoms with Crippen LogP contribution in [0.3, 0.4) is 0 Å². The van der Waals surface area contributed by atoms with Crippen LogP contribution in [0.1, 0.15) is 37.6 Å². The fourth-order valence-electron chi connectivity index (χ4n) is 3.21. The molecule has 0 spiro atoms. The van der Waals surface area contributed by atoms with Crippen LogP contribution in [0.15, 0.2) is 30.6 Å². The highest BCUT2D eigenvalue weighted by molar-refractivity contribution is 8.01. The fourth-order valence-corrected chi connectivity index (χ4v) is 4.01. The van der Waals surface area contributed by atoms with Crippen LogP contribution in [0.2, 0.25) is 0 Å². The maximum absolute atomic E-state index is 5.68. The van der Waals surface area contributed by atoms with E-state index in [0.29, 0.717) is 23.8 Å². The Balaban J connectivity index is 1.50. The van der Waals surface area contributed by atoms with Crippen molar-refractivity contribution in [2.24, 2.45) is 0 Å². The van der Waals surface area contributed by atoms with E-state index in [9.17, 15) is 0 Å². The zero-order valence-electron chi connectivity index (χ0n) is 17.8. The molecule has 2 unspecified atom stereocenters. The molecule has 0 radical (unpaired) electrons. The molecular formula is C20H25N7O3S. The van der Waals surface area contributed by atoms with Crippen molar-refractivity contribution < 1.29 is 14.2 Å². The van der Waals surface area contributed by atoms with Crippen LogP contribution < -0.4 is 14.2 Å². The van der Waals surface area contributed by atoms with Crippen LogP contribution in [-0.4, -0.2) is 56.3 Å². The third-order valence-electron chi connectivity index (χ3n) is 4.93. The summed E-state index contributed by atoms with van der Waals surface area (Å²) in [4.78, 5) is 13.1. The lowest BCUT2D eigenvalue weighted by Gasteiger charge is -2.21. The molecule has 0 bridgehead atoms. The van der Waals surface area contributed by atoms with E-state index in [1.54, 1.807) is 33.7 Å². The number of nitrogens with zero attached hydrogens (tertiary/aromatic N) is 6. The number of pyridine rings is 1. The molecule has 0 aliphatic heterocycles. The van der Waals surface area contributed by atoms with Gasteiger partial charge in [0.1, 0.15) is 11.8 Å². The average molecular weight is 444 g/mol. The van der Waals surface area contributed by atoms with Crippen molar-refractivity contribution in [1.29, 1.82) is 0 Å². The topological polar surface area (TPSA) is 109 Å². The van der Waals surface area contributed by atoms with E-state index < -0.39 is 0 Å². The van der Waals surface area contributed by atoms with E-state index in [4.69, 9.17) is 14.2 Å². The minimum Gasteiger partial charge on any atom is -0.481 e. The third kappa shape index (κ3) is 4.72. The van der Waals surface area contributed by atoms with Gasteiger partial charge in [0.05, 0.1) is 37.6 Å². The molecule has 4 rings (SSSR count). The molecule has 11 heteroatoms. The predicted molar refractivity (Wildman–Crippen MR) is 117 cm³/mol. The molecule has 10 nitrogen and oxygen atoms in total. The first-order valence-corrected chi connectivity index (χ1v) is 10.8. The molecule has 31 heavy (non-hydrogen) atoms. The Morgan fingerprint density at radius 1 is 1.06 bits per heavy atom. The number of ether oxygens (including phenoxy) is 3. The Bertz CT molecular complexity index is 1010. The number of aromatic nitrogens is 6. The molecule has 1 fully saturated rings. The monoisotopic (exact) mass is 443 g/mol. The van der Waals surface area contributed by atoms with Crippen LogP contribution >= 0.6 is 11.9 Å². The number of hydrogen-bond acceptors (Lipinski definition) is 10. The quantitative estimate of drug-likeness (QED) is 0.469. The Morgan fingerprint density at radius 2 is 1.87 bits per heavy atom. The molecule has 0 saturated heterocycles. The average Bonchev–Trinajstić information content (AvgIpc) is 3.57. The lowest BCUT2D eigenvalue weighted by Crippen LogP contribution is -2.18. The minimum atomic E-state index is -0.257. The molecule has 1 saturated carbocycles. The van der Waals surface area contributed by atoms with E-state index in [1.165, 1.54) is 11.9 Å². The molecule has 0 aromatic carbocycles. The first-order chi connectivity index (χ1) is 15.1. The Labute approximate surface area is 184 Å². The van der Waals surface area contributed by atoms with Gasteiger partial charge in [-0.2, -0.15) is 0 Å². The van der Waals surface area contributed by atoms with Gasteiger partial charge in [-0.3, -0.25) is 14.3 Å². The Kier molecular flexibility index (Phi) is 6.52. The molecule has 2 atom stereocenters. The normalized spacial score (nSPS) is 15.4. The summed E-state index contributed by atoms with van der Waals surface area (Å²) in [5.74, 6) is 2.42. The summed E-state index contributed by atoms with van der Waals surface area (Å²) < 4.78 is 21.5. The van der Waals surface area contributed by atoms with Gasteiger partial charge in [0.25, 0.3) is 0 Å². The van der Waals surface area contributed by atoms with Gasteiger partial charge in [-0.05, 0) is 37.8 Å². The molecular weight excluding hydrogens is 418 g/mol. The van der Waals surface area contributed by atoms with Crippen molar-refractivity contribution in [2.75, 3.05) is 26.1 Å². The maximum atomic E-state index is 5.68. The van der Waals surface area contributed by atoms with Crippen LogP contribution in [0.5, 0.6) is 11.8 Å². The molecule has 164 valence electrons. The molecule has 3 aromatic rings. The lowest BCUT2D eigenvalue weighted by atomic mass is 10.2. The number of nitrogens with one attached hydrogen (secondary N) is 1. The summed E-state index contributed by atoms with van der Waals surface area (Å²) in [5, 5.41) is 8.80. The minimum absolute atomic E-state index is 0.0236. The third-order valence-corrected chi connectivity index (χ3v) is 5.85. The second-order valence-corrected chi connectivity index (χ2v) is 8.26.